The maximum atomic E-state index is 13.7. The Balaban J connectivity index is 2.47. The van der Waals surface area contributed by atoms with Crippen molar-refractivity contribution in [3.05, 3.63) is 23.5 Å². The van der Waals surface area contributed by atoms with Crippen LogP contribution in [-0.4, -0.2) is 37.1 Å². The molecule has 0 saturated carbocycles. The average molecular weight is 324 g/mol. The number of ether oxygens (including phenoxy) is 1. The molecule has 0 bridgehead atoms. The van der Waals surface area contributed by atoms with Crippen LogP contribution in [0.2, 0.25) is 0 Å². The number of anilines is 1. The van der Waals surface area contributed by atoms with Gasteiger partial charge in [-0.15, -0.1) is 11.6 Å². The Morgan fingerprint density at radius 2 is 2.15 bits per heavy atom. The number of carbonyl (C=O) groups excluding carboxylic acids is 1. The summed E-state index contributed by atoms with van der Waals surface area (Å²) in [6.07, 6.45) is 0. The molecule has 1 aromatic rings. The fourth-order valence-corrected chi connectivity index (χ4v) is 2.85. The topological polar surface area (TPSA) is 92.7 Å². The number of hydrogen-bond donors (Lipinski definition) is 2. The molecule has 110 valence electrons. The number of carbonyl (C=O) groups is 1. The Morgan fingerprint density at radius 1 is 1.45 bits per heavy atom. The zero-order chi connectivity index (χ0) is 14.9. The standard InChI is InChI=1S/C11H11ClFNO5S/c12-3-4-19-8-2-1-7(13)10-9(8)6(11(15)14-10)5-20(16,17)18/h1-2,6H,3-5H2,(H,14,15)(H,16,17,18). The van der Waals surface area contributed by atoms with Crippen LogP contribution in [0.1, 0.15) is 11.5 Å². The predicted octanol–water partition coefficient (Wildman–Crippen LogP) is 1.37. The summed E-state index contributed by atoms with van der Waals surface area (Å²) in [4.78, 5) is 11.8. The van der Waals surface area contributed by atoms with E-state index >= 15 is 0 Å². The molecule has 20 heavy (non-hydrogen) atoms. The molecule has 2 rings (SSSR count). The molecule has 1 atom stereocenters. The second-order valence-corrected chi connectivity index (χ2v) is 6.04. The minimum absolute atomic E-state index is 0.0812. The lowest BCUT2D eigenvalue weighted by molar-refractivity contribution is -0.116. The largest absolute Gasteiger partial charge is 0.492 e. The summed E-state index contributed by atoms with van der Waals surface area (Å²) in [5.41, 5.74) is -0.0477. The van der Waals surface area contributed by atoms with Crippen LogP contribution >= 0.6 is 11.6 Å². The highest BCUT2D eigenvalue weighted by Crippen LogP contribution is 2.41. The first-order chi connectivity index (χ1) is 9.33. The molecule has 1 aliphatic heterocycles. The van der Waals surface area contributed by atoms with E-state index in [2.05, 4.69) is 5.32 Å². The SMILES string of the molecule is O=C1Nc2c(F)ccc(OCCCl)c2C1CS(=O)(=O)O. The van der Waals surface area contributed by atoms with Crippen molar-refractivity contribution in [2.75, 3.05) is 23.6 Å². The molecule has 1 aromatic carbocycles. The summed E-state index contributed by atoms with van der Waals surface area (Å²) < 4.78 is 49.8. The van der Waals surface area contributed by atoms with E-state index in [0.717, 1.165) is 6.07 Å². The maximum absolute atomic E-state index is 13.7. The predicted molar refractivity (Wildman–Crippen MR) is 70.4 cm³/mol. The molecule has 6 nitrogen and oxygen atoms in total. The molecule has 1 amide bonds. The molecular formula is C11H11ClFNO5S. The van der Waals surface area contributed by atoms with Crippen molar-refractivity contribution in [2.24, 2.45) is 0 Å². The quantitative estimate of drug-likeness (QED) is 0.630. The summed E-state index contributed by atoms with van der Waals surface area (Å²) in [6, 6.07) is 2.39. The van der Waals surface area contributed by atoms with Crippen LogP contribution < -0.4 is 10.1 Å². The van der Waals surface area contributed by atoms with Crippen molar-refractivity contribution in [2.45, 2.75) is 5.92 Å². The third kappa shape index (κ3) is 3.02. The molecule has 0 radical (unpaired) electrons. The van der Waals surface area contributed by atoms with Crippen LogP contribution in [0, 0.1) is 5.82 Å². The van der Waals surface area contributed by atoms with Crippen molar-refractivity contribution in [3.8, 4) is 5.75 Å². The van der Waals surface area contributed by atoms with E-state index in [4.69, 9.17) is 20.9 Å². The molecule has 0 fully saturated rings. The highest BCUT2D eigenvalue weighted by Gasteiger charge is 2.38. The van der Waals surface area contributed by atoms with Gasteiger partial charge >= 0.3 is 0 Å². The molecule has 2 N–H and O–H groups in total. The number of alkyl halides is 1. The Bertz CT molecular complexity index is 648. The normalized spacial score (nSPS) is 17.8. The zero-order valence-corrected chi connectivity index (χ0v) is 11.7. The number of fused-ring (bicyclic) bond motifs is 1. The lowest BCUT2D eigenvalue weighted by Crippen LogP contribution is -2.21. The summed E-state index contributed by atoms with van der Waals surface area (Å²) in [7, 11) is -4.40. The van der Waals surface area contributed by atoms with Gasteiger partial charge in [-0.05, 0) is 12.1 Å². The van der Waals surface area contributed by atoms with Crippen LogP contribution in [0.25, 0.3) is 0 Å². The van der Waals surface area contributed by atoms with Gasteiger partial charge in [0.25, 0.3) is 10.1 Å². The minimum Gasteiger partial charge on any atom is -0.492 e. The third-order valence-corrected chi connectivity index (χ3v) is 3.69. The van der Waals surface area contributed by atoms with Crippen LogP contribution in [0.4, 0.5) is 10.1 Å². The fraction of sp³-hybridized carbons (Fsp3) is 0.364. The van der Waals surface area contributed by atoms with Crippen molar-refractivity contribution in [1.29, 1.82) is 0 Å². The van der Waals surface area contributed by atoms with E-state index < -0.39 is 33.5 Å². The third-order valence-electron chi connectivity index (χ3n) is 2.78. The number of hydrogen-bond acceptors (Lipinski definition) is 4. The maximum Gasteiger partial charge on any atom is 0.265 e. The molecule has 0 saturated heterocycles. The van der Waals surface area contributed by atoms with Crippen LogP contribution in [-0.2, 0) is 14.9 Å². The van der Waals surface area contributed by atoms with E-state index in [9.17, 15) is 17.6 Å². The van der Waals surface area contributed by atoms with E-state index in [-0.39, 0.29) is 29.5 Å². The van der Waals surface area contributed by atoms with Gasteiger partial charge in [0.2, 0.25) is 5.91 Å². The lowest BCUT2D eigenvalue weighted by atomic mass is 10.0. The number of rotatable bonds is 5. The van der Waals surface area contributed by atoms with E-state index in [0.29, 0.717) is 0 Å². The fourth-order valence-electron chi connectivity index (χ4n) is 2.03. The smallest absolute Gasteiger partial charge is 0.265 e. The molecule has 0 aliphatic carbocycles. The summed E-state index contributed by atoms with van der Waals surface area (Å²) in [5, 5.41) is 2.25. The van der Waals surface area contributed by atoms with Gasteiger partial charge in [-0.2, -0.15) is 8.42 Å². The summed E-state index contributed by atoms with van der Waals surface area (Å²) in [6.45, 7) is 0.117. The molecule has 0 aromatic heterocycles. The van der Waals surface area contributed by atoms with Crippen LogP contribution in [0.15, 0.2) is 12.1 Å². The van der Waals surface area contributed by atoms with Crippen LogP contribution in [0.3, 0.4) is 0 Å². The Hall–Kier alpha value is -1.38. The number of nitrogens with one attached hydrogen (secondary N) is 1. The molecule has 1 aliphatic rings. The van der Waals surface area contributed by atoms with Gasteiger partial charge in [-0.25, -0.2) is 4.39 Å². The second kappa shape index (κ2) is 5.55. The van der Waals surface area contributed by atoms with Crippen molar-refractivity contribution in [1.82, 2.24) is 0 Å². The molecular weight excluding hydrogens is 313 g/mol. The van der Waals surface area contributed by atoms with Gasteiger partial charge in [-0.1, -0.05) is 0 Å². The number of amides is 1. The highest BCUT2D eigenvalue weighted by atomic mass is 35.5. The van der Waals surface area contributed by atoms with Crippen molar-refractivity contribution < 1.29 is 26.9 Å². The number of halogens is 2. The zero-order valence-electron chi connectivity index (χ0n) is 10.1. The Labute approximate surface area is 119 Å². The molecule has 1 unspecified atom stereocenters. The molecule has 1 heterocycles. The van der Waals surface area contributed by atoms with E-state index in [1.54, 1.807) is 0 Å². The van der Waals surface area contributed by atoms with Gasteiger partial charge in [0, 0.05) is 5.56 Å². The van der Waals surface area contributed by atoms with Crippen molar-refractivity contribution >= 4 is 33.3 Å². The Morgan fingerprint density at radius 3 is 2.75 bits per heavy atom. The number of benzene rings is 1. The van der Waals surface area contributed by atoms with Gasteiger partial charge in [0.05, 0.1) is 23.2 Å². The first kappa shape index (κ1) is 15.0. The van der Waals surface area contributed by atoms with Crippen molar-refractivity contribution in [3.63, 3.8) is 0 Å². The van der Waals surface area contributed by atoms with Gasteiger partial charge in [-0.3, -0.25) is 9.35 Å². The summed E-state index contributed by atoms with van der Waals surface area (Å²) in [5.74, 6) is -3.14. The van der Waals surface area contributed by atoms with Gasteiger partial charge in [0.1, 0.15) is 18.2 Å². The molecule has 9 heteroatoms. The van der Waals surface area contributed by atoms with Gasteiger partial charge in [0.15, 0.2) is 0 Å². The van der Waals surface area contributed by atoms with E-state index in [1.807, 2.05) is 0 Å². The first-order valence-electron chi connectivity index (χ1n) is 5.60. The average Bonchev–Trinajstić information content (AvgIpc) is 2.66. The van der Waals surface area contributed by atoms with Crippen LogP contribution in [0.5, 0.6) is 5.75 Å². The first-order valence-corrected chi connectivity index (χ1v) is 7.75. The summed E-state index contributed by atoms with van der Waals surface area (Å²) >= 11 is 5.49. The van der Waals surface area contributed by atoms with Gasteiger partial charge < -0.3 is 10.1 Å². The minimum atomic E-state index is -4.40. The second-order valence-electron chi connectivity index (χ2n) is 4.16. The lowest BCUT2D eigenvalue weighted by Gasteiger charge is -2.13. The molecule has 0 spiro atoms. The Kier molecular flexibility index (Phi) is 4.17. The monoisotopic (exact) mass is 323 g/mol. The highest BCUT2D eigenvalue weighted by molar-refractivity contribution is 7.85. The van der Waals surface area contributed by atoms with E-state index in [1.165, 1.54) is 6.07 Å².